The van der Waals surface area contributed by atoms with E-state index in [2.05, 4.69) is 4.98 Å². The summed E-state index contributed by atoms with van der Waals surface area (Å²) in [6, 6.07) is 7.51. The van der Waals surface area contributed by atoms with Crippen LogP contribution in [0.2, 0.25) is 5.02 Å². The molecule has 6 heteroatoms. The van der Waals surface area contributed by atoms with Crippen LogP contribution in [-0.2, 0) is 13.1 Å². The number of nitrogens with two attached hydrogens (primary N) is 1. The van der Waals surface area contributed by atoms with Crippen molar-refractivity contribution in [1.82, 2.24) is 9.88 Å². The number of amides is 1. The largest absolute Gasteiger partial charge is 0.333 e. The molecular formula is C14H16ClN3OS. The lowest BCUT2D eigenvalue weighted by molar-refractivity contribution is 0.0747. The molecule has 0 bridgehead atoms. The second kappa shape index (κ2) is 6.83. The van der Waals surface area contributed by atoms with Gasteiger partial charge in [-0.15, -0.1) is 11.3 Å². The van der Waals surface area contributed by atoms with Crippen LogP contribution in [0, 0.1) is 0 Å². The molecule has 1 aromatic carbocycles. The molecule has 1 heterocycles. The Morgan fingerprint density at radius 3 is 2.90 bits per heavy atom. The molecule has 0 spiro atoms. The summed E-state index contributed by atoms with van der Waals surface area (Å²) in [7, 11) is 0. The Morgan fingerprint density at radius 1 is 1.50 bits per heavy atom. The van der Waals surface area contributed by atoms with Gasteiger partial charge in [-0.05, 0) is 24.6 Å². The molecule has 0 unspecified atom stereocenters. The highest BCUT2D eigenvalue weighted by molar-refractivity contribution is 7.09. The number of halogens is 1. The Morgan fingerprint density at radius 2 is 2.30 bits per heavy atom. The molecule has 0 aliphatic carbocycles. The minimum absolute atomic E-state index is 0.0802. The molecule has 2 aromatic rings. The van der Waals surface area contributed by atoms with Gasteiger partial charge in [-0.2, -0.15) is 0 Å². The van der Waals surface area contributed by atoms with Gasteiger partial charge in [-0.25, -0.2) is 4.98 Å². The van der Waals surface area contributed by atoms with Crippen LogP contribution >= 0.6 is 22.9 Å². The van der Waals surface area contributed by atoms with Gasteiger partial charge in [0, 0.05) is 30.0 Å². The second-order valence-electron chi connectivity index (χ2n) is 4.28. The Labute approximate surface area is 127 Å². The van der Waals surface area contributed by atoms with Crippen LogP contribution in [0.5, 0.6) is 0 Å². The molecule has 106 valence electrons. The molecular weight excluding hydrogens is 294 g/mol. The Kier molecular flexibility index (Phi) is 5.11. The molecule has 4 nitrogen and oxygen atoms in total. The first-order valence-electron chi connectivity index (χ1n) is 6.32. The van der Waals surface area contributed by atoms with Gasteiger partial charge in [0.2, 0.25) is 0 Å². The zero-order valence-electron chi connectivity index (χ0n) is 11.2. The van der Waals surface area contributed by atoms with Crippen molar-refractivity contribution < 1.29 is 4.79 Å². The first-order chi connectivity index (χ1) is 9.63. The number of carbonyl (C=O) groups excluding carboxylic acids is 1. The normalized spacial score (nSPS) is 10.6. The van der Waals surface area contributed by atoms with E-state index in [1.807, 2.05) is 31.2 Å². The van der Waals surface area contributed by atoms with Crippen molar-refractivity contribution in [3.63, 3.8) is 0 Å². The van der Waals surface area contributed by atoms with Crippen molar-refractivity contribution >= 4 is 28.8 Å². The first-order valence-corrected chi connectivity index (χ1v) is 7.58. The Hall–Kier alpha value is -1.43. The lowest BCUT2D eigenvalue weighted by Crippen LogP contribution is -2.30. The zero-order valence-corrected chi connectivity index (χ0v) is 12.7. The number of nitrogens with zero attached hydrogens (tertiary/aromatic N) is 2. The summed E-state index contributed by atoms with van der Waals surface area (Å²) in [5.41, 5.74) is 6.98. The molecule has 2 rings (SSSR count). The number of aromatic nitrogens is 1. The van der Waals surface area contributed by atoms with Gasteiger partial charge in [0.25, 0.3) is 5.91 Å². The molecule has 0 saturated carbocycles. The van der Waals surface area contributed by atoms with Crippen molar-refractivity contribution in [3.05, 3.63) is 50.9 Å². The van der Waals surface area contributed by atoms with Crippen LogP contribution in [-0.4, -0.2) is 22.3 Å². The molecule has 0 saturated heterocycles. The summed E-state index contributed by atoms with van der Waals surface area (Å²) in [5.74, 6) is -0.0802. The van der Waals surface area contributed by atoms with Crippen molar-refractivity contribution in [1.29, 1.82) is 0 Å². The van der Waals surface area contributed by atoms with E-state index in [4.69, 9.17) is 17.3 Å². The minimum atomic E-state index is -0.0802. The predicted molar refractivity (Wildman–Crippen MR) is 81.9 cm³/mol. The molecule has 20 heavy (non-hydrogen) atoms. The van der Waals surface area contributed by atoms with Gasteiger partial charge >= 0.3 is 0 Å². The summed E-state index contributed by atoms with van der Waals surface area (Å²) in [4.78, 5) is 18.4. The van der Waals surface area contributed by atoms with Crippen LogP contribution in [0.3, 0.4) is 0 Å². The van der Waals surface area contributed by atoms with Gasteiger partial charge in [0.05, 0.1) is 0 Å². The average Bonchev–Trinajstić information content (AvgIpc) is 2.93. The summed E-state index contributed by atoms with van der Waals surface area (Å²) in [6.07, 6.45) is 0. The molecule has 0 radical (unpaired) electrons. The second-order valence-corrected chi connectivity index (χ2v) is 5.66. The van der Waals surface area contributed by atoms with Crippen LogP contribution in [0.1, 0.15) is 28.0 Å². The first kappa shape index (κ1) is 15.0. The topological polar surface area (TPSA) is 59.2 Å². The number of rotatable bonds is 5. The predicted octanol–water partition coefficient (Wildman–Crippen LogP) is 2.92. The number of thiazole rings is 1. The van der Waals surface area contributed by atoms with E-state index in [9.17, 15) is 4.79 Å². The fraction of sp³-hybridized carbons (Fsp3) is 0.286. The third kappa shape index (κ3) is 3.56. The maximum Gasteiger partial charge on any atom is 0.273 e. The van der Waals surface area contributed by atoms with Gasteiger partial charge in [0.1, 0.15) is 10.7 Å². The number of hydrogen-bond donors (Lipinski definition) is 1. The average molecular weight is 310 g/mol. The highest BCUT2D eigenvalue weighted by Crippen LogP contribution is 2.16. The van der Waals surface area contributed by atoms with E-state index in [1.54, 1.807) is 10.3 Å². The van der Waals surface area contributed by atoms with Gasteiger partial charge in [-0.3, -0.25) is 4.79 Å². The highest BCUT2D eigenvalue weighted by Gasteiger charge is 2.17. The van der Waals surface area contributed by atoms with Crippen molar-refractivity contribution in [3.8, 4) is 0 Å². The van der Waals surface area contributed by atoms with Gasteiger partial charge < -0.3 is 10.6 Å². The van der Waals surface area contributed by atoms with E-state index in [-0.39, 0.29) is 5.91 Å². The van der Waals surface area contributed by atoms with E-state index >= 15 is 0 Å². The quantitative estimate of drug-likeness (QED) is 0.924. The minimum Gasteiger partial charge on any atom is -0.333 e. The zero-order chi connectivity index (χ0) is 14.5. The third-order valence-electron chi connectivity index (χ3n) is 2.88. The maximum atomic E-state index is 12.4. The summed E-state index contributed by atoms with van der Waals surface area (Å²) >= 11 is 7.37. The lowest BCUT2D eigenvalue weighted by atomic mass is 10.2. The Balaban J connectivity index is 2.13. The monoisotopic (exact) mass is 309 g/mol. The van der Waals surface area contributed by atoms with E-state index in [0.717, 1.165) is 10.6 Å². The van der Waals surface area contributed by atoms with Crippen molar-refractivity contribution in [2.75, 3.05) is 6.54 Å². The summed E-state index contributed by atoms with van der Waals surface area (Å²) in [5, 5.41) is 3.20. The molecule has 2 N–H and O–H groups in total. The fourth-order valence-corrected chi connectivity index (χ4v) is 2.71. The Bertz CT molecular complexity index is 600. The maximum absolute atomic E-state index is 12.4. The SMILES string of the molecule is CCN(Cc1cccc(Cl)c1)C(=O)c1csc(CN)n1. The molecule has 0 aliphatic heterocycles. The highest BCUT2D eigenvalue weighted by atomic mass is 35.5. The molecule has 0 fully saturated rings. The molecule has 0 atom stereocenters. The van der Waals surface area contributed by atoms with Crippen LogP contribution in [0.15, 0.2) is 29.6 Å². The number of benzene rings is 1. The van der Waals surface area contributed by atoms with Gasteiger partial charge in [0.15, 0.2) is 0 Å². The number of carbonyl (C=O) groups is 1. The van der Waals surface area contributed by atoms with E-state index in [1.165, 1.54) is 11.3 Å². The number of hydrogen-bond acceptors (Lipinski definition) is 4. The lowest BCUT2D eigenvalue weighted by Gasteiger charge is -2.20. The fourth-order valence-electron chi connectivity index (χ4n) is 1.85. The molecule has 1 amide bonds. The van der Waals surface area contributed by atoms with Crippen molar-refractivity contribution in [2.45, 2.75) is 20.0 Å². The van der Waals surface area contributed by atoms with E-state index < -0.39 is 0 Å². The van der Waals surface area contributed by atoms with Crippen LogP contribution < -0.4 is 5.73 Å². The molecule has 1 aromatic heterocycles. The summed E-state index contributed by atoms with van der Waals surface area (Å²) < 4.78 is 0. The van der Waals surface area contributed by atoms with Gasteiger partial charge in [-0.1, -0.05) is 23.7 Å². The smallest absolute Gasteiger partial charge is 0.273 e. The summed E-state index contributed by atoms with van der Waals surface area (Å²) in [6.45, 7) is 3.43. The van der Waals surface area contributed by atoms with E-state index in [0.29, 0.717) is 30.4 Å². The van der Waals surface area contributed by atoms with Crippen LogP contribution in [0.4, 0.5) is 0 Å². The van der Waals surface area contributed by atoms with Crippen molar-refractivity contribution in [2.24, 2.45) is 5.73 Å². The van der Waals surface area contributed by atoms with Crippen LogP contribution in [0.25, 0.3) is 0 Å². The standard InChI is InChI=1S/C14H16ClN3OS/c1-2-18(8-10-4-3-5-11(15)6-10)14(19)12-9-20-13(7-16)17-12/h3-6,9H,2,7-8,16H2,1H3. The third-order valence-corrected chi connectivity index (χ3v) is 3.98. The molecule has 0 aliphatic rings.